The van der Waals surface area contributed by atoms with Crippen molar-refractivity contribution in [1.29, 1.82) is 0 Å². The van der Waals surface area contributed by atoms with E-state index < -0.39 is 0 Å². The fourth-order valence-electron chi connectivity index (χ4n) is 1.46. The van der Waals surface area contributed by atoms with Crippen LogP contribution in [-0.4, -0.2) is 12.3 Å². The van der Waals surface area contributed by atoms with E-state index in [1.165, 1.54) is 0 Å². The van der Waals surface area contributed by atoms with Gasteiger partial charge in [0.2, 0.25) is 0 Å². The molecule has 0 atom stereocenters. The molecule has 2 aromatic carbocycles. The minimum absolute atomic E-state index is 0. The van der Waals surface area contributed by atoms with Crippen LogP contribution in [0.2, 0.25) is 0 Å². The molecular formula is C16H15NOY-2. The number of ether oxygens (including phenoxy) is 1. The number of rotatable bonds is 4. The molecule has 1 radical (unpaired) electrons. The van der Waals surface area contributed by atoms with E-state index in [0.29, 0.717) is 0 Å². The van der Waals surface area contributed by atoms with Crippen LogP contribution in [0.4, 0.5) is 5.69 Å². The number of benzene rings is 2. The van der Waals surface area contributed by atoms with Gasteiger partial charge in [-0.3, -0.25) is 0 Å². The SMILES string of the molecule is CC(C)Oc1ccc([C-]=Nc2[c-]cccc2)cc1.[Y]. The van der Waals surface area contributed by atoms with Crippen molar-refractivity contribution in [2.75, 3.05) is 0 Å². The van der Waals surface area contributed by atoms with Crippen LogP contribution in [0.3, 0.4) is 0 Å². The third-order valence-corrected chi connectivity index (χ3v) is 2.22. The Labute approximate surface area is 139 Å². The second-order valence-corrected chi connectivity index (χ2v) is 4.16. The first-order valence-electron chi connectivity index (χ1n) is 5.94. The fraction of sp³-hybridized carbons (Fsp3) is 0.188. The Morgan fingerprint density at radius 1 is 1.11 bits per heavy atom. The van der Waals surface area contributed by atoms with Gasteiger partial charge in [-0.05, 0) is 20.1 Å². The van der Waals surface area contributed by atoms with Gasteiger partial charge in [0.1, 0.15) is 5.75 Å². The number of aliphatic imine (C=N–C) groups is 1. The van der Waals surface area contributed by atoms with Crippen molar-refractivity contribution in [2.24, 2.45) is 4.99 Å². The van der Waals surface area contributed by atoms with Crippen LogP contribution in [0, 0.1) is 6.07 Å². The van der Waals surface area contributed by atoms with Crippen LogP contribution in [0.15, 0.2) is 53.5 Å². The molecule has 0 aliphatic rings. The van der Waals surface area contributed by atoms with E-state index in [1.807, 2.05) is 62.4 Å². The topological polar surface area (TPSA) is 21.6 Å². The van der Waals surface area contributed by atoms with E-state index in [0.717, 1.165) is 17.0 Å². The molecule has 0 saturated carbocycles. The molecule has 0 heterocycles. The Balaban J connectivity index is 0.00000180. The monoisotopic (exact) mass is 326 g/mol. The van der Waals surface area contributed by atoms with Crippen molar-refractivity contribution >= 4 is 11.9 Å². The Kier molecular flexibility index (Phi) is 6.97. The Bertz CT molecular complexity index is 506. The molecule has 2 aromatic rings. The third-order valence-electron chi connectivity index (χ3n) is 2.22. The molecule has 0 spiro atoms. The van der Waals surface area contributed by atoms with Crippen LogP contribution in [0.5, 0.6) is 5.75 Å². The van der Waals surface area contributed by atoms with Crippen molar-refractivity contribution in [3.05, 3.63) is 60.2 Å². The summed E-state index contributed by atoms with van der Waals surface area (Å²) in [6, 6.07) is 18.3. The maximum absolute atomic E-state index is 5.57. The smallest absolute Gasteiger partial charge is 0.101 e. The van der Waals surface area contributed by atoms with Gasteiger partial charge in [0.15, 0.2) is 0 Å². The van der Waals surface area contributed by atoms with Gasteiger partial charge in [-0.2, -0.15) is 24.3 Å². The standard InChI is InChI=1S/C16H15NO.Y/c1-13(2)18-16-10-8-14(9-11-16)12-17-15-6-4-3-5-7-15;/h3-6,8-11,13H,1-2H3;/q-2;. The van der Waals surface area contributed by atoms with Crippen LogP contribution in [0.1, 0.15) is 19.4 Å². The molecule has 0 unspecified atom stereocenters. The van der Waals surface area contributed by atoms with Crippen molar-refractivity contribution in [3.63, 3.8) is 0 Å². The summed E-state index contributed by atoms with van der Waals surface area (Å²) in [6.07, 6.45) is 3.17. The van der Waals surface area contributed by atoms with Gasteiger partial charge in [-0.1, -0.05) is 12.1 Å². The summed E-state index contributed by atoms with van der Waals surface area (Å²) in [4.78, 5) is 4.22. The van der Waals surface area contributed by atoms with Crippen LogP contribution in [0.25, 0.3) is 0 Å². The van der Waals surface area contributed by atoms with Gasteiger partial charge in [-0.15, -0.1) is 23.4 Å². The minimum atomic E-state index is 0. The summed E-state index contributed by atoms with van der Waals surface area (Å²) >= 11 is 0. The first-order chi connectivity index (χ1) is 8.74. The maximum atomic E-state index is 5.57. The zero-order chi connectivity index (χ0) is 12.8. The van der Waals surface area contributed by atoms with Crippen molar-refractivity contribution in [1.82, 2.24) is 0 Å². The Morgan fingerprint density at radius 2 is 1.84 bits per heavy atom. The predicted octanol–water partition coefficient (Wildman–Crippen LogP) is 3.90. The second kappa shape index (κ2) is 8.24. The average molecular weight is 326 g/mol. The largest absolute Gasteiger partial charge is 0.493 e. The molecule has 95 valence electrons. The summed E-state index contributed by atoms with van der Waals surface area (Å²) in [7, 11) is 0. The summed E-state index contributed by atoms with van der Waals surface area (Å²) < 4.78 is 5.57. The number of hydrogen-bond donors (Lipinski definition) is 0. The number of para-hydroxylation sites is 1. The van der Waals surface area contributed by atoms with Gasteiger partial charge in [0.25, 0.3) is 0 Å². The first-order valence-corrected chi connectivity index (χ1v) is 5.94. The van der Waals surface area contributed by atoms with E-state index in [2.05, 4.69) is 17.3 Å². The van der Waals surface area contributed by atoms with E-state index in [1.54, 1.807) is 0 Å². The van der Waals surface area contributed by atoms with Crippen molar-refractivity contribution in [2.45, 2.75) is 20.0 Å². The van der Waals surface area contributed by atoms with Crippen LogP contribution < -0.4 is 4.74 Å². The molecule has 2 rings (SSSR count). The quantitative estimate of drug-likeness (QED) is 0.617. The minimum Gasteiger partial charge on any atom is -0.493 e. The van der Waals surface area contributed by atoms with E-state index in [-0.39, 0.29) is 38.8 Å². The first kappa shape index (κ1) is 16.1. The summed E-state index contributed by atoms with van der Waals surface area (Å²) in [5.74, 6) is 0.863. The Morgan fingerprint density at radius 3 is 2.42 bits per heavy atom. The zero-order valence-electron chi connectivity index (χ0n) is 11.1. The van der Waals surface area contributed by atoms with E-state index >= 15 is 0 Å². The molecule has 19 heavy (non-hydrogen) atoms. The second-order valence-electron chi connectivity index (χ2n) is 4.16. The molecule has 0 aliphatic heterocycles. The van der Waals surface area contributed by atoms with Gasteiger partial charge >= 0.3 is 0 Å². The molecule has 0 aromatic heterocycles. The van der Waals surface area contributed by atoms with Gasteiger partial charge < -0.3 is 9.73 Å². The predicted molar refractivity (Wildman–Crippen MR) is 73.7 cm³/mol. The van der Waals surface area contributed by atoms with Crippen LogP contribution >= 0.6 is 0 Å². The fourth-order valence-corrected chi connectivity index (χ4v) is 1.46. The number of nitrogens with zero attached hydrogens (tertiary/aromatic N) is 1. The van der Waals surface area contributed by atoms with E-state index in [4.69, 9.17) is 4.74 Å². The molecule has 0 bridgehead atoms. The van der Waals surface area contributed by atoms with E-state index in [9.17, 15) is 0 Å². The molecule has 2 nitrogen and oxygen atoms in total. The Hall–Kier alpha value is -0.986. The molecule has 3 heteroatoms. The summed E-state index contributed by atoms with van der Waals surface area (Å²) in [5, 5.41) is 0. The molecular weight excluding hydrogens is 311 g/mol. The maximum Gasteiger partial charge on any atom is 0.101 e. The molecule has 0 N–H and O–H groups in total. The third kappa shape index (κ3) is 5.67. The summed E-state index contributed by atoms with van der Waals surface area (Å²) in [5.41, 5.74) is 1.70. The molecule has 0 fully saturated rings. The van der Waals surface area contributed by atoms with Crippen molar-refractivity contribution in [3.8, 4) is 5.75 Å². The van der Waals surface area contributed by atoms with Gasteiger partial charge in [-0.25, -0.2) is 6.07 Å². The van der Waals surface area contributed by atoms with Crippen molar-refractivity contribution < 1.29 is 37.4 Å². The molecule has 0 aliphatic carbocycles. The summed E-state index contributed by atoms with van der Waals surface area (Å²) in [6.45, 7) is 4.01. The van der Waals surface area contributed by atoms with Crippen LogP contribution in [-0.2, 0) is 32.7 Å². The molecule has 0 amide bonds. The van der Waals surface area contributed by atoms with Gasteiger partial charge in [0.05, 0.1) is 6.10 Å². The normalized spacial score (nSPS) is 10.5. The zero-order valence-corrected chi connectivity index (χ0v) is 14.0. The molecule has 0 saturated heterocycles. The van der Waals surface area contributed by atoms with Gasteiger partial charge in [0, 0.05) is 32.7 Å². The number of hydrogen-bond acceptors (Lipinski definition) is 2. The average Bonchev–Trinajstić information content (AvgIpc) is 2.38.